The summed E-state index contributed by atoms with van der Waals surface area (Å²) in [4.78, 5) is 31.6. The lowest BCUT2D eigenvalue weighted by Crippen LogP contribution is -2.15. The Morgan fingerprint density at radius 3 is 2.42 bits per heavy atom. The van der Waals surface area contributed by atoms with Crippen molar-refractivity contribution in [1.82, 2.24) is 9.97 Å². The lowest BCUT2D eigenvalue weighted by Gasteiger charge is -2.21. The molecule has 168 valence electrons. The molecule has 0 unspecified atom stereocenters. The minimum absolute atomic E-state index is 0.00861. The first-order chi connectivity index (χ1) is 14.7. The monoisotopic (exact) mass is 427 g/mol. The predicted molar refractivity (Wildman–Crippen MR) is 124 cm³/mol. The number of aromatic nitrogens is 2. The molecule has 0 bridgehead atoms. The fraction of sp³-hybridized carbons (Fsp3) is 0.478. The molecule has 2 amide bonds. The third kappa shape index (κ3) is 8.24. The highest BCUT2D eigenvalue weighted by molar-refractivity contribution is 5.92. The summed E-state index contributed by atoms with van der Waals surface area (Å²) in [5.74, 6) is 1.59. The first-order valence-corrected chi connectivity index (χ1v) is 10.5. The topological polar surface area (TPSA) is 105 Å². The second kappa shape index (κ2) is 11.3. The zero-order valence-corrected chi connectivity index (χ0v) is 19.0. The van der Waals surface area contributed by atoms with Crippen molar-refractivity contribution in [3.8, 4) is 5.75 Å². The maximum Gasteiger partial charge on any atom is 0.224 e. The first-order valence-electron chi connectivity index (χ1n) is 10.5. The van der Waals surface area contributed by atoms with Crippen LogP contribution >= 0.6 is 0 Å². The molecule has 0 radical (unpaired) electrons. The zero-order chi connectivity index (χ0) is 22.9. The van der Waals surface area contributed by atoms with E-state index in [-0.39, 0.29) is 17.2 Å². The van der Waals surface area contributed by atoms with Gasteiger partial charge in [0.05, 0.1) is 12.8 Å². The summed E-state index contributed by atoms with van der Waals surface area (Å²) < 4.78 is 5.39. The molecule has 8 nitrogen and oxygen atoms in total. The normalized spacial score (nSPS) is 11.0. The molecule has 2 rings (SSSR count). The molecule has 0 saturated heterocycles. The van der Waals surface area contributed by atoms with E-state index in [4.69, 9.17) is 4.74 Å². The second-order valence-electron chi connectivity index (χ2n) is 8.42. The van der Waals surface area contributed by atoms with Gasteiger partial charge in [-0.1, -0.05) is 33.3 Å². The number of hydrogen-bond donors (Lipinski definition) is 3. The molecule has 0 spiro atoms. The summed E-state index contributed by atoms with van der Waals surface area (Å²) in [7, 11) is 1.60. The van der Waals surface area contributed by atoms with Crippen LogP contribution in [-0.4, -0.2) is 35.4 Å². The average molecular weight is 428 g/mol. The predicted octanol–water partition coefficient (Wildman–Crippen LogP) is 4.35. The number of carbonyl (C=O) groups excluding carboxylic acids is 2. The molecular weight excluding hydrogens is 394 g/mol. The average Bonchev–Trinajstić information content (AvgIpc) is 2.69. The van der Waals surface area contributed by atoms with Gasteiger partial charge in [-0.05, 0) is 36.0 Å². The third-order valence-electron chi connectivity index (χ3n) is 4.70. The Labute approximate surface area is 184 Å². The van der Waals surface area contributed by atoms with Crippen LogP contribution < -0.4 is 20.7 Å². The van der Waals surface area contributed by atoms with Crippen molar-refractivity contribution in [3.63, 3.8) is 0 Å². The number of benzene rings is 1. The number of unbranched alkanes of at least 4 members (excludes halogenated alkanes) is 2. The molecular formula is C23H33N5O3. The Hall–Kier alpha value is -3.16. The van der Waals surface area contributed by atoms with E-state index in [2.05, 4.69) is 46.7 Å². The van der Waals surface area contributed by atoms with Crippen LogP contribution in [0.2, 0.25) is 0 Å². The van der Waals surface area contributed by atoms with Crippen molar-refractivity contribution in [1.29, 1.82) is 0 Å². The van der Waals surface area contributed by atoms with Crippen LogP contribution in [0.15, 0.2) is 30.6 Å². The smallest absolute Gasteiger partial charge is 0.224 e. The lowest BCUT2D eigenvalue weighted by atomic mass is 9.87. The summed E-state index contributed by atoms with van der Waals surface area (Å²) in [6.45, 7) is 8.56. The van der Waals surface area contributed by atoms with E-state index >= 15 is 0 Å². The van der Waals surface area contributed by atoms with Gasteiger partial charge in [-0.3, -0.25) is 9.59 Å². The summed E-state index contributed by atoms with van der Waals surface area (Å²) in [6.07, 6.45) is 4.44. The number of amides is 2. The molecule has 0 aliphatic heterocycles. The van der Waals surface area contributed by atoms with Crippen LogP contribution in [0, 0.1) is 0 Å². The number of nitrogens with zero attached hydrogens (tertiary/aromatic N) is 2. The van der Waals surface area contributed by atoms with Gasteiger partial charge in [0.15, 0.2) is 0 Å². The van der Waals surface area contributed by atoms with Crippen LogP contribution in [0.5, 0.6) is 5.75 Å². The zero-order valence-electron chi connectivity index (χ0n) is 19.0. The Morgan fingerprint density at radius 2 is 1.74 bits per heavy atom. The minimum Gasteiger partial charge on any atom is -0.495 e. The first kappa shape index (κ1) is 24.1. The van der Waals surface area contributed by atoms with Crippen LogP contribution in [0.3, 0.4) is 0 Å². The van der Waals surface area contributed by atoms with Crippen LogP contribution in [0.25, 0.3) is 0 Å². The van der Waals surface area contributed by atoms with Crippen LogP contribution in [0.4, 0.5) is 17.3 Å². The number of hydrogen-bond acceptors (Lipinski definition) is 6. The standard InChI is InChI=1S/C23H33N5O3/c1-16(29)27-21-14-20(25-15-26-21)24-12-8-6-7-9-22(30)28-18-13-17(23(2,3)4)10-11-19(18)31-5/h10-11,13-15H,6-9,12H2,1-5H3,(H,28,30)(H2,24,25,26,27,29). The fourth-order valence-corrected chi connectivity index (χ4v) is 2.99. The maximum atomic E-state index is 12.4. The van der Waals surface area contributed by atoms with E-state index in [1.54, 1.807) is 13.2 Å². The molecule has 1 heterocycles. The van der Waals surface area contributed by atoms with E-state index in [1.807, 2.05) is 18.2 Å². The molecule has 1 aromatic carbocycles. The lowest BCUT2D eigenvalue weighted by molar-refractivity contribution is -0.116. The van der Waals surface area contributed by atoms with Crippen molar-refractivity contribution < 1.29 is 14.3 Å². The molecule has 1 aromatic heterocycles. The molecule has 0 saturated carbocycles. The van der Waals surface area contributed by atoms with Crippen molar-refractivity contribution in [3.05, 3.63) is 36.2 Å². The van der Waals surface area contributed by atoms with Gasteiger partial charge < -0.3 is 20.7 Å². The van der Waals surface area contributed by atoms with Crippen LogP contribution in [0.1, 0.15) is 58.9 Å². The van der Waals surface area contributed by atoms with E-state index in [0.717, 1.165) is 31.4 Å². The molecule has 31 heavy (non-hydrogen) atoms. The van der Waals surface area contributed by atoms with Gasteiger partial charge in [0.25, 0.3) is 0 Å². The molecule has 8 heteroatoms. The summed E-state index contributed by atoms with van der Waals surface area (Å²) >= 11 is 0. The molecule has 0 aliphatic rings. The van der Waals surface area contributed by atoms with Crippen molar-refractivity contribution >= 4 is 29.1 Å². The Bertz CT molecular complexity index is 893. The van der Waals surface area contributed by atoms with Gasteiger partial charge in [-0.25, -0.2) is 9.97 Å². The third-order valence-corrected chi connectivity index (χ3v) is 4.70. The highest BCUT2D eigenvalue weighted by Crippen LogP contribution is 2.31. The van der Waals surface area contributed by atoms with E-state index < -0.39 is 0 Å². The van der Waals surface area contributed by atoms with Crippen molar-refractivity contribution in [2.75, 3.05) is 29.6 Å². The molecule has 0 fully saturated rings. The second-order valence-corrected chi connectivity index (χ2v) is 8.42. The Morgan fingerprint density at radius 1 is 1.00 bits per heavy atom. The highest BCUT2D eigenvalue weighted by Gasteiger charge is 2.17. The molecule has 2 aromatic rings. The quantitative estimate of drug-likeness (QED) is 0.487. The summed E-state index contributed by atoms with van der Waals surface area (Å²) in [6, 6.07) is 7.59. The summed E-state index contributed by atoms with van der Waals surface area (Å²) in [5.41, 5.74) is 1.84. The number of ether oxygens (including phenoxy) is 1. The number of rotatable bonds is 10. The fourth-order valence-electron chi connectivity index (χ4n) is 2.99. The maximum absolute atomic E-state index is 12.4. The SMILES string of the molecule is COc1ccc(C(C)(C)C)cc1NC(=O)CCCCCNc1cc(NC(C)=O)ncn1. The molecule has 0 atom stereocenters. The number of anilines is 3. The number of carbonyl (C=O) groups is 2. The minimum atomic E-state index is -0.175. The Balaban J connectivity index is 1.74. The van der Waals surface area contributed by atoms with E-state index in [9.17, 15) is 9.59 Å². The van der Waals surface area contributed by atoms with Gasteiger partial charge in [-0.2, -0.15) is 0 Å². The molecule has 3 N–H and O–H groups in total. The van der Waals surface area contributed by atoms with E-state index in [1.165, 1.54) is 13.3 Å². The van der Waals surface area contributed by atoms with Gasteiger partial charge in [0, 0.05) is 26.0 Å². The van der Waals surface area contributed by atoms with Gasteiger partial charge in [-0.15, -0.1) is 0 Å². The van der Waals surface area contributed by atoms with Gasteiger partial charge in [0.1, 0.15) is 23.7 Å². The number of nitrogens with one attached hydrogen (secondary N) is 3. The Kier molecular flexibility index (Phi) is 8.78. The van der Waals surface area contributed by atoms with E-state index in [0.29, 0.717) is 29.5 Å². The molecule has 0 aliphatic carbocycles. The van der Waals surface area contributed by atoms with Crippen molar-refractivity contribution in [2.24, 2.45) is 0 Å². The van der Waals surface area contributed by atoms with Crippen LogP contribution in [-0.2, 0) is 15.0 Å². The van der Waals surface area contributed by atoms with Gasteiger partial charge in [0.2, 0.25) is 11.8 Å². The largest absolute Gasteiger partial charge is 0.495 e. The number of methoxy groups -OCH3 is 1. The summed E-state index contributed by atoms with van der Waals surface area (Å²) in [5, 5.41) is 8.81. The van der Waals surface area contributed by atoms with Gasteiger partial charge >= 0.3 is 0 Å². The van der Waals surface area contributed by atoms with Crippen molar-refractivity contribution in [2.45, 2.75) is 58.8 Å². The highest BCUT2D eigenvalue weighted by atomic mass is 16.5.